The van der Waals surface area contributed by atoms with Gasteiger partial charge in [-0.05, 0) is 92.7 Å². The van der Waals surface area contributed by atoms with Crippen molar-refractivity contribution in [2.75, 3.05) is 27.5 Å². The Bertz CT molecular complexity index is 1730. The van der Waals surface area contributed by atoms with Crippen LogP contribution >= 0.6 is 15.9 Å². The zero-order valence-corrected chi connectivity index (χ0v) is 25.2. The summed E-state index contributed by atoms with van der Waals surface area (Å²) in [5, 5.41) is 2.63. The van der Waals surface area contributed by atoms with Gasteiger partial charge in [0.2, 0.25) is 11.9 Å². The summed E-state index contributed by atoms with van der Waals surface area (Å²) < 4.78 is 62.0. The van der Waals surface area contributed by atoms with E-state index in [4.69, 9.17) is 4.74 Å². The molecule has 0 atom stereocenters. The van der Waals surface area contributed by atoms with Crippen LogP contribution in [-0.2, 0) is 24.8 Å². The highest BCUT2D eigenvalue weighted by molar-refractivity contribution is 9.10. The first kappa shape index (κ1) is 30.0. The molecule has 0 saturated carbocycles. The SMILES string of the molecule is CCOc1ccc(N(CC(=O)Nc2ccc(S(=O)(=O)Nc3nccc(C)n3)cc2)S(=O)(=O)c2ccc(Br)cc2)cc1. The summed E-state index contributed by atoms with van der Waals surface area (Å²) >= 11 is 3.30. The van der Waals surface area contributed by atoms with E-state index in [0.29, 0.717) is 22.5 Å². The Hall–Kier alpha value is -4.01. The lowest BCUT2D eigenvalue weighted by Crippen LogP contribution is -2.38. The largest absolute Gasteiger partial charge is 0.494 e. The Morgan fingerprint density at radius 2 is 1.54 bits per heavy atom. The van der Waals surface area contributed by atoms with Gasteiger partial charge in [0.15, 0.2) is 0 Å². The number of amides is 1. The van der Waals surface area contributed by atoms with Gasteiger partial charge in [0.1, 0.15) is 12.3 Å². The van der Waals surface area contributed by atoms with Crippen LogP contribution in [0.15, 0.2) is 99.3 Å². The van der Waals surface area contributed by atoms with E-state index in [2.05, 4.69) is 35.9 Å². The molecule has 4 rings (SSSR count). The molecule has 11 nitrogen and oxygen atoms in total. The Morgan fingerprint density at radius 1 is 0.902 bits per heavy atom. The molecule has 0 aliphatic carbocycles. The van der Waals surface area contributed by atoms with E-state index < -0.39 is 32.5 Å². The number of hydrogen-bond donors (Lipinski definition) is 2. The van der Waals surface area contributed by atoms with Gasteiger partial charge in [0.05, 0.1) is 22.1 Å². The first-order valence-electron chi connectivity index (χ1n) is 12.2. The Labute approximate surface area is 246 Å². The molecule has 214 valence electrons. The van der Waals surface area contributed by atoms with Gasteiger partial charge >= 0.3 is 0 Å². The van der Waals surface area contributed by atoms with Crippen molar-refractivity contribution in [1.82, 2.24) is 9.97 Å². The van der Waals surface area contributed by atoms with Crippen molar-refractivity contribution < 1.29 is 26.4 Å². The summed E-state index contributed by atoms with van der Waals surface area (Å²) in [6, 6.07) is 19.5. The average Bonchev–Trinajstić information content (AvgIpc) is 2.93. The second kappa shape index (κ2) is 12.7. The Morgan fingerprint density at radius 3 is 2.15 bits per heavy atom. The fraction of sp³-hybridized carbons (Fsp3) is 0.148. The van der Waals surface area contributed by atoms with Crippen molar-refractivity contribution in [3.8, 4) is 5.75 Å². The summed E-state index contributed by atoms with van der Waals surface area (Å²) in [5.74, 6) is -0.148. The van der Waals surface area contributed by atoms with Crippen LogP contribution in [0, 0.1) is 6.92 Å². The summed E-state index contributed by atoms with van der Waals surface area (Å²) in [7, 11) is -8.11. The number of nitrogens with zero attached hydrogens (tertiary/aromatic N) is 3. The van der Waals surface area contributed by atoms with Crippen molar-refractivity contribution in [3.05, 3.63) is 95.2 Å². The van der Waals surface area contributed by atoms with E-state index in [0.717, 1.165) is 4.31 Å². The van der Waals surface area contributed by atoms with E-state index in [9.17, 15) is 21.6 Å². The van der Waals surface area contributed by atoms with Gasteiger partial charge in [0.25, 0.3) is 20.0 Å². The maximum atomic E-state index is 13.6. The van der Waals surface area contributed by atoms with Crippen LogP contribution in [0.5, 0.6) is 5.75 Å². The normalized spacial score (nSPS) is 11.5. The quantitative estimate of drug-likeness (QED) is 0.238. The zero-order valence-electron chi connectivity index (χ0n) is 22.0. The number of hydrogen-bond acceptors (Lipinski definition) is 8. The van der Waals surface area contributed by atoms with Crippen molar-refractivity contribution >= 4 is 59.2 Å². The Balaban J connectivity index is 1.53. The molecular weight excluding hydrogens is 634 g/mol. The third-order valence-corrected chi connectivity index (χ3v) is 9.25. The van der Waals surface area contributed by atoms with Crippen molar-refractivity contribution in [2.45, 2.75) is 23.6 Å². The molecule has 41 heavy (non-hydrogen) atoms. The molecule has 0 unspecified atom stereocenters. The van der Waals surface area contributed by atoms with Crippen LogP contribution in [0.3, 0.4) is 0 Å². The molecule has 2 N–H and O–H groups in total. The molecule has 1 aromatic heterocycles. The van der Waals surface area contributed by atoms with Gasteiger partial charge < -0.3 is 10.1 Å². The lowest BCUT2D eigenvalue weighted by molar-refractivity contribution is -0.114. The number of aromatic nitrogens is 2. The molecule has 0 radical (unpaired) electrons. The van der Waals surface area contributed by atoms with E-state index in [1.54, 1.807) is 49.4 Å². The van der Waals surface area contributed by atoms with Gasteiger partial charge in [-0.2, -0.15) is 0 Å². The minimum Gasteiger partial charge on any atom is -0.494 e. The molecule has 0 saturated heterocycles. The highest BCUT2D eigenvalue weighted by atomic mass is 79.9. The average molecular weight is 661 g/mol. The van der Waals surface area contributed by atoms with Crippen LogP contribution in [0.1, 0.15) is 12.6 Å². The van der Waals surface area contributed by atoms with Crippen molar-refractivity contribution in [2.24, 2.45) is 0 Å². The van der Waals surface area contributed by atoms with Crippen LogP contribution in [0.25, 0.3) is 0 Å². The smallest absolute Gasteiger partial charge is 0.264 e. The number of nitrogens with one attached hydrogen (secondary N) is 2. The zero-order chi connectivity index (χ0) is 29.6. The molecule has 14 heteroatoms. The van der Waals surface area contributed by atoms with Crippen LogP contribution in [0.4, 0.5) is 17.3 Å². The molecule has 0 aliphatic rings. The van der Waals surface area contributed by atoms with Crippen LogP contribution < -0.4 is 19.1 Å². The predicted molar refractivity (Wildman–Crippen MR) is 159 cm³/mol. The van der Waals surface area contributed by atoms with Crippen LogP contribution in [0.2, 0.25) is 0 Å². The second-order valence-corrected chi connectivity index (χ2v) is 13.1. The first-order valence-corrected chi connectivity index (χ1v) is 15.9. The second-order valence-electron chi connectivity index (χ2n) is 8.59. The Kier molecular flexibility index (Phi) is 9.25. The minimum absolute atomic E-state index is 0.00188. The standard InChI is InChI=1S/C27H26BrN5O6S2/c1-3-39-23-10-8-22(9-11-23)33(41(37,38)25-12-4-20(28)5-13-25)18-26(34)31-21-6-14-24(15-7-21)40(35,36)32-27-29-17-16-19(2)30-27/h4-17H,3,18H2,1-2H3,(H,31,34)(H,29,30,32). The number of anilines is 3. The highest BCUT2D eigenvalue weighted by Gasteiger charge is 2.27. The fourth-order valence-electron chi connectivity index (χ4n) is 3.65. The van der Waals surface area contributed by atoms with E-state index >= 15 is 0 Å². The number of carbonyl (C=O) groups is 1. The molecule has 0 spiro atoms. The number of benzene rings is 3. The molecule has 0 bridgehead atoms. The number of sulfonamides is 2. The summed E-state index contributed by atoms with van der Waals surface area (Å²) in [6.07, 6.45) is 1.44. The minimum atomic E-state index is -4.13. The van der Waals surface area contributed by atoms with Gasteiger partial charge in [-0.3, -0.25) is 9.10 Å². The monoisotopic (exact) mass is 659 g/mol. The number of carbonyl (C=O) groups excluding carboxylic acids is 1. The molecule has 3 aromatic carbocycles. The maximum absolute atomic E-state index is 13.6. The number of halogens is 1. The van der Waals surface area contributed by atoms with Gasteiger partial charge in [0, 0.05) is 22.1 Å². The van der Waals surface area contributed by atoms with Gasteiger partial charge in [-0.15, -0.1) is 0 Å². The molecule has 1 heterocycles. The molecular formula is C27H26BrN5O6S2. The fourth-order valence-corrected chi connectivity index (χ4v) is 6.29. The predicted octanol–water partition coefficient (Wildman–Crippen LogP) is 4.58. The number of ether oxygens (including phenoxy) is 1. The summed E-state index contributed by atoms with van der Waals surface area (Å²) in [5.41, 5.74) is 1.13. The van der Waals surface area contributed by atoms with Gasteiger partial charge in [-0.25, -0.2) is 31.5 Å². The third-order valence-electron chi connectivity index (χ3n) is 5.59. The highest BCUT2D eigenvalue weighted by Crippen LogP contribution is 2.27. The third kappa shape index (κ3) is 7.60. The van der Waals surface area contributed by atoms with Crippen molar-refractivity contribution in [3.63, 3.8) is 0 Å². The van der Waals surface area contributed by atoms with Crippen LogP contribution in [-0.4, -0.2) is 45.9 Å². The van der Waals surface area contributed by atoms with E-state index in [-0.39, 0.29) is 27.1 Å². The van der Waals surface area contributed by atoms with Crippen molar-refractivity contribution in [1.29, 1.82) is 0 Å². The lowest BCUT2D eigenvalue weighted by atomic mass is 10.3. The van der Waals surface area contributed by atoms with E-state index in [1.165, 1.54) is 42.6 Å². The molecule has 1 amide bonds. The summed E-state index contributed by atoms with van der Waals surface area (Å²) in [4.78, 5) is 20.9. The maximum Gasteiger partial charge on any atom is 0.264 e. The first-order chi connectivity index (χ1) is 19.5. The molecule has 0 aliphatic heterocycles. The number of aryl methyl sites for hydroxylation is 1. The molecule has 4 aromatic rings. The van der Waals surface area contributed by atoms with E-state index in [1.807, 2.05) is 6.92 Å². The lowest BCUT2D eigenvalue weighted by Gasteiger charge is -2.24. The number of rotatable bonds is 11. The molecule has 0 fully saturated rings. The van der Waals surface area contributed by atoms with Gasteiger partial charge in [-0.1, -0.05) is 15.9 Å². The topological polar surface area (TPSA) is 148 Å². The summed E-state index contributed by atoms with van der Waals surface area (Å²) in [6.45, 7) is 3.44.